The Hall–Kier alpha value is -1.09. The Kier molecular flexibility index (Phi) is 3.14. The van der Waals surface area contributed by atoms with Gasteiger partial charge in [0.1, 0.15) is 0 Å². The van der Waals surface area contributed by atoms with Gasteiger partial charge >= 0.3 is 0 Å². The quantitative estimate of drug-likeness (QED) is 0.712. The molecule has 0 spiro atoms. The normalized spacial score (nSPS) is 30.6. The van der Waals surface area contributed by atoms with Crippen LogP contribution in [0.4, 0.5) is 0 Å². The van der Waals surface area contributed by atoms with Crippen LogP contribution in [0.5, 0.6) is 5.75 Å². The number of carbonyl (C=O) groups is 1. The lowest BCUT2D eigenvalue weighted by Crippen LogP contribution is -2.56. The number of halogens is 1. The summed E-state index contributed by atoms with van der Waals surface area (Å²) in [6, 6.07) is -0.0867. The average Bonchev–Trinajstić information content (AvgIpc) is 2.71. The molecule has 1 aromatic rings. The van der Waals surface area contributed by atoms with Crippen LogP contribution >= 0.6 is 22.6 Å². The molecule has 0 aliphatic carbocycles. The molecule has 3 rings (SSSR count). The third kappa shape index (κ3) is 1.61. The van der Waals surface area contributed by atoms with Gasteiger partial charge in [-0.05, 0) is 36.4 Å². The fourth-order valence-electron chi connectivity index (χ4n) is 3.55. The topological polar surface area (TPSA) is 71.8 Å². The van der Waals surface area contributed by atoms with Gasteiger partial charge in [-0.3, -0.25) is 9.59 Å². The second-order valence-electron chi connectivity index (χ2n) is 5.91. The third-order valence-corrected chi connectivity index (χ3v) is 5.99. The van der Waals surface area contributed by atoms with Gasteiger partial charge in [0.05, 0.1) is 34.1 Å². The van der Waals surface area contributed by atoms with Gasteiger partial charge in [-0.1, -0.05) is 0 Å². The predicted octanol–water partition coefficient (Wildman–Crippen LogP) is 1.09. The Bertz CT molecular complexity index is 714. The molecule has 0 radical (unpaired) electrons. The summed E-state index contributed by atoms with van der Waals surface area (Å²) in [4.78, 5) is 26.7. The van der Waals surface area contributed by atoms with Gasteiger partial charge in [0.15, 0.2) is 11.4 Å². The average molecular weight is 404 g/mol. The highest BCUT2D eigenvalue weighted by Crippen LogP contribution is 2.48. The van der Waals surface area contributed by atoms with Gasteiger partial charge in [0.2, 0.25) is 5.43 Å². The van der Waals surface area contributed by atoms with Gasteiger partial charge < -0.3 is 19.3 Å². The van der Waals surface area contributed by atoms with Crippen LogP contribution in [0.15, 0.2) is 4.79 Å². The van der Waals surface area contributed by atoms with E-state index in [-0.39, 0.29) is 28.8 Å². The van der Waals surface area contributed by atoms with Crippen LogP contribution in [-0.4, -0.2) is 40.7 Å². The highest BCUT2D eigenvalue weighted by molar-refractivity contribution is 14.1. The number of rotatable bonds is 1. The largest absolute Gasteiger partial charge is 0.491 e. The Morgan fingerprint density at radius 3 is 2.62 bits per heavy atom. The lowest BCUT2D eigenvalue weighted by Gasteiger charge is -2.45. The van der Waals surface area contributed by atoms with Gasteiger partial charge in [0.25, 0.3) is 5.91 Å². The zero-order chi connectivity index (χ0) is 15.7. The summed E-state index contributed by atoms with van der Waals surface area (Å²) in [6.45, 7) is 3.96. The van der Waals surface area contributed by atoms with E-state index in [0.717, 1.165) is 0 Å². The maximum absolute atomic E-state index is 12.6. The third-order valence-electron chi connectivity index (χ3n) is 4.95. The first-order chi connectivity index (χ1) is 9.75. The van der Waals surface area contributed by atoms with Crippen LogP contribution in [0.3, 0.4) is 0 Å². The van der Waals surface area contributed by atoms with Crippen LogP contribution in [-0.2, 0) is 5.54 Å². The number of aliphatic hydroxyl groups excluding tert-OH is 1. The van der Waals surface area contributed by atoms with E-state index in [1.54, 1.807) is 11.9 Å². The Labute approximate surface area is 135 Å². The van der Waals surface area contributed by atoms with E-state index in [9.17, 15) is 14.7 Å². The number of aromatic nitrogens is 1. The van der Waals surface area contributed by atoms with Crippen molar-refractivity contribution < 1.29 is 14.6 Å². The zero-order valence-corrected chi connectivity index (χ0v) is 14.5. The maximum Gasteiger partial charge on any atom is 0.274 e. The van der Waals surface area contributed by atoms with Crippen LogP contribution < -0.4 is 10.2 Å². The number of aliphatic hydroxyl groups is 1. The molecule has 0 bridgehead atoms. The van der Waals surface area contributed by atoms with E-state index in [2.05, 4.69) is 0 Å². The van der Waals surface area contributed by atoms with Crippen molar-refractivity contribution in [1.29, 1.82) is 0 Å². The van der Waals surface area contributed by atoms with E-state index in [1.807, 2.05) is 41.0 Å². The van der Waals surface area contributed by atoms with Crippen molar-refractivity contribution in [2.24, 2.45) is 0 Å². The highest BCUT2D eigenvalue weighted by Gasteiger charge is 2.53. The molecule has 0 saturated carbocycles. The van der Waals surface area contributed by atoms with E-state index in [1.165, 1.54) is 7.11 Å². The zero-order valence-electron chi connectivity index (χ0n) is 12.3. The van der Waals surface area contributed by atoms with E-state index in [4.69, 9.17) is 4.74 Å². The number of nitrogens with zero attached hydrogens (tertiary/aromatic N) is 2. The summed E-state index contributed by atoms with van der Waals surface area (Å²) in [5.41, 5.74) is -0.00286. The number of pyridine rings is 1. The predicted molar refractivity (Wildman–Crippen MR) is 84.8 cm³/mol. The standard InChI is InChI=1S/C14H17IN2O4/c1-6-14(2)5-7(18)9-8(15)11(19)12(21-4)10(17(9)14)13(20)16(6)3/h6-7,18H,5H2,1-4H3. The molecular formula is C14H17IN2O4. The summed E-state index contributed by atoms with van der Waals surface area (Å²) in [6.07, 6.45) is -0.275. The molecule has 0 fully saturated rings. The lowest BCUT2D eigenvalue weighted by molar-refractivity contribution is 0.0410. The Balaban J connectivity index is 2.51. The van der Waals surface area contributed by atoms with Gasteiger partial charge in [-0.15, -0.1) is 0 Å². The molecule has 21 heavy (non-hydrogen) atoms. The summed E-state index contributed by atoms with van der Waals surface area (Å²) in [5.74, 6) is -0.187. The van der Waals surface area contributed by atoms with Crippen molar-refractivity contribution in [1.82, 2.24) is 9.47 Å². The molecule has 3 atom stereocenters. The molecule has 2 aliphatic rings. The molecule has 3 unspecified atom stereocenters. The SMILES string of the molecule is COc1c2n3c(c(I)c1=O)C(O)CC3(C)C(C)N(C)C2=O. The van der Waals surface area contributed by atoms with Crippen LogP contribution in [0.1, 0.15) is 42.6 Å². The molecule has 1 N–H and O–H groups in total. The lowest BCUT2D eigenvalue weighted by atomic mass is 9.87. The highest BCUT2D eigenvalue weighted by atomic mass is 127. The number of carbonyl (C=O) groups excluding carboxylic acids is 1. The maximum atomic E-state index is 12.6. The first kappa shape index (κ1) is 14.8. The number of ether oxygens (including phenoxy) is 1. The number of methoxy groups -OCH3 is 1. The first-order valence-corrected chi connectivity index (χ1v) is 7.81. The monoisotopic (exact) mass is 404 g/mol. The smallest absolute Gasteiger partial charge is 0.274 e. The summed E-state index contributed by atoms with van der Waals surface area (Å²) in [5, 5.41) is 10.4. The Morgan fingerprint density at radius 2 is 2.05 bits per heavy atom. The number of hydrogen-bond acceptors (Lipinski definition) is 4. The van der Waals surface area contributed by atoms with Crippen molar-refractivity contribution in [2.45, 2.75) is 38.0 Å². The molecule has 0 saturated heterocycles. The molecule has 1 aromatic heterocycles. The second-order valence-corrected chi connectivity index (χ2v) is 6.99. The van der Waals surface area contributed by atoms with Crippen LogP contribution in [0, 0.1) is 3.57 Å². The molecule has 0 aromatic carbocycles. The summed E-state index contributed by atoms with van der Waals surface area (Å²) in [7, 11) is 3.11. The van der Waals surface area contributed by atoms with E-state index >= 15 is 0 Å². The van der Waals surface area contributed by atoms with Gasteiger partial charge in [0, 0.05) is 13.5 Å². The van der Waals surface area contributed by atoms with Crippen molar-refractivity contribution >= 4 is 28.5 Å². The van der Waals surface area contributed by atoms with Gasteiger partial charge in [-0.25, -0.2) is 0 Å². The fraction of sp³-hybridized carbons (Fsp3) is 0.571. The first-order valence-electron chi connectivity index (χ1n) is 6.73. The molecule has 3 heterocycles. The summed E-state index contributed by atoms with van der Waals surface area (Å²) >= 11 is 1.93. The Morgan fingerprint density at radius 1 is 1.43 bits per heavy atom. The second kappa shape index (κ2) is 4.45. The summed E-state index contributed by atoms with van der Waals surface area (Å²) < 4.78 is 7.47. The molecule has 6 nitrogen and oxygen atoms in total. The van der Waals surface area contributed by atoms with Crippen LogP contribution in [0.25, 0.3) is 0 Å². The fourth-order valence-corrected chi connectivity index (χ4v) is 4.39. The number of likely N-dealkylation sites (N-methyl/N-ethyl adjacent to an activating group) is 1. The van der Waals surface area contributed by atoms with E-state index in [0.29, 0.717) is 15.7 Å². The van der Waals surface area contributed by atoms with Crippen LogP contribution in [0.2, 0.25) is 0 Å². The number of amides is 1. The van der Waals surface area contributed by atoms with Crippen molar-refractivity contribution in [2.75, 3.05) is 14.2 Å². The van der Waals surface area contributed by atoms with E-state index < -0.39 is 11.6 Å². The molecule has 1 amide bonds. The van der Waals surface area contributed by atoms with Crippen molar-refractivity contribution in [3.8, 4) is 5.75 Å². The van der Waals surface area contributed by atoms with Gasteiger partial charge in [-0.2, -0.15) is 0 Å². The molecule has 2 aliphatic heterocycles. The van der Waals surface area contributed by atoms with Crippen molar-refractivity contribution in [3.63, 3.8) is 0 Å². The minimum atomic E-state index is -0.749. The molecule has 114 valence electrons. The minimum Gasteiger partial charge on any atom is -0.491 e. The van der Waals surface area contributed by atoms with Crippen molar-refractivity contribution in [3.05, 3.63) is 25.2 Å². The molecule has 7 heteroatoms. The minimum absolute atomic E-state index is 0.0622. The molecular weight excluding hydrogens is 387 g/mol. The number of hydrogen-bond donors (Lipinski definition) is 1.